The summed E-state index contributed by atoms with van der Waals surface area (Å²) in [5.74, 6) is -1.01. The van der Waals surface area contributed by atoms with Gasteiger partial charge in [-0.2, -0.15) is 5.10 Å². The largest absolute Gasteiger partial charge is 0.306 e. The highest BCUT2D eigenvalue weighted by Gasteiger charge is 2.36. The maximum absolute atomic E-state index is 13.1. The number of non-ortho nitro benzene ring substituents is 1. The number of fused-ring (bicyclic) bond motifs is 1. The van der Waals surface area contributed by atoms with E-state index in [-0.39, 0.29) is 28.9 Å². The summed E-state index contributed by atoms with van der Waals surface area (Å²) in [6.45, 7) is 1.89. The van der Waals surface area contributed by atoms with Gasteiger partial charge in [0, 0.05) is 23.8 Å². The van der Waals surface area contributed by atoms with Crippen LogP contribution in [0.5, 0.6) is 0 Å². The number of carbonyl (C=O) groups excluding carboxylic acids is 3. The lowest BCUT2D eigenvalue weighted by atomic mass is 10.1. The summed E-state index contributed by atoms with van der Waals surface area (Å²) in [4.78, 5) is 50.4. The first-order chi connectivity index (χ1) is 17.3. The third-order valence-electron chi connectivity index (χ3n) is 5.79. The molecule has 10 heteroatoms. The lowest BCUT2D eigenvalue weighted by Crippen LogP contribution is -2.29. The van der Waals surface area contributed by atoms with E-state index in [0.29, 0.717) is 17.2 Å². The van der Waals surface area contributed by atoms with E-state index in [9.17, 15) is 24.5 Å². The van der Waals surface area contributed by atoms with Crippen LogP contribution in [0.2, 0.25) is 0 Å². The fraction of sp³-hybridized carbons (Fsp3) is 0.0769. The second kappa shape index (κ2) is 8.91. The van der Waals surface area contributed by atoms with Gasteiger partial charge in [-0.05, 0) is 42.8 Å². The molecule has 1 N–H and O–H groups in total. The van der Waals surface area contributed by atoms with Gasteiger partial charge in [-0.15, -0.1) is 0 Å². The van der Waals surface area contributed by atoms with E-state index in [2.05, 4.69) is 10.4 Å². The predicted octanol–water partition coefficient (Wildman–Crippen LogP) is 4.14. The minimum atomic E-state index is -0.498. The maximum atomic E-state index is 13.1. The molecule has 36 heavy (non-hydrogen) atoms. The van der Waals surface area contributed by atoms with E-state index in [0.717, 1.165) is 10.5 Å². The topological polar surface area (TPSA) is 127 Å². The summed E-state index contributed by atoms with van der Waals surface area (Å²) in [5.41, 5.74) is 2.52. The van der Waals surface area contributed by atoms with Crippen molar-refractivity contribution in [3.63, 3.8) is 0 Å². The number of nitro groups is 1. The third-order valence-corrected chi connectivity index (χ3v) is 5.79. The van der Waals surface area contributed by atoms with Gasteiger partial charge in [0.1, 0.15) is 5.82 Å². The SMILES string of the molecule is Cc1cc(NC(=O)c2ccc3c(c2)C(=O)N(Cc2ccccc2)C3=O)n(-c2ccc([N+](=O)[O-])cc2)n1. The summed E-state index contributed by atoms with van der Waals surface area (Å²) in [5, 5.41) is 18.1. The Morgan fingerprint density at radius 2 is 1.64 bits per heavy atom. The van der Waals surface area contributed by atoms with Crippen molar-refractivity contribution in [1.29, 1.82) is 0 Å². The van der Waals surface area contributed by atoms with Crippen molar-refractivity contribution in [2.45, 2.75) is 13.5 Å². The molecule has 0 bridgehead atoms. The number of nitrogens with one attached hydrogen (secondary N) is 1. The molecule has 3 amide bonds. The van der Waals surface area contributed by atoms with Gasteiger partial charge in [0.05, 0.1) is 34.0 Å². The molecule has 0 saturated heterocycles. The quantitative estimate of drug-likeness (QED) is 0.251. The van der Waals surface area contributed by atoms with Crippen molar-refractivity contribution in [2.75, 3.05) is 5.32 Å². The highest BCUT2D eigenvalue weighted by Crippen LogP contribution is 2.27. The molecule has 1 aliphatic rings. The van der Waals surface area contributed by atoms with Gasteiger partial charge < -0.3 is 5.32 Å². The van der Waals surface area contributed by atoms with E-state index in [4.69, 9.17) is 0 Å². The van der Waals surface area contributed by atoms with Gasteiger partial charge in [0.2, 0.25) is 0 Å². The lowest BCUT2D eigenvalue weighted by Gasteiger charge is -2.13. The second-order valence-electron chi connectivity index (χ2n) is 8.25. The zero-order valence-corrected chi connectivity index (χ0v) is 19.0. The molecule has 10 nitrogen and oxygen atoms in total. The standard InChI is InChI=1S/C26H19N5O5/c1-16-13-23(30(28-16)19-8-10-20(11-9-19)31(35)36)27-24(32)18-7-12-21-22(14-18)26(34)29(25(21)33)15-17-5-3-2-4-6-17/h2-14H,15H2,1H3,(H,27,32). The second-order valence-corrected chi connectivity index (χ2v) is 8.25. The number of aryl methyl sites for hydroxylation is 1. The maximum Gasteiger partial charge on any atom is 0.269 e. The number of nitrogens with zero attached hydrogens (tertiary/aromatic N) is 4. The van der Waals surface area contributed by atoms with Crippen LogP contribution in [0.1, 0.15) is 42.3 Å². The number of hydrogen-bond acceptors (Lipinski definition) is 6. The van der Waals surface area contributed by atoms with Crippen molar-refractivity contribution in [2.24, 2.45) is 0 Å². The van der Waals surface area contributed by atoms with Crippen molar-refractivity contribution >= 4 is 29.2 Å². The lowest BCUT2D eigenvalue weighted by molar-refractivity contribution is -0.384. The number of benzene rings is 3. The van der Waals surface area contributed by atoms with Gasteiger partial charge in [0.25, 0.3) is 23.4 Å². The number of rotatable bonds is 6. The van der Waals surface area contributed by atoms with E-state index in [1.807, 2.05) is 30.3 Å². The molecule has 1 aromatic heterocycles. The Hall–Kier alpha value is -5.12. The van der Waals surface area contributed by atoms with Crippen LogP contribution in [-0.2, 0) is 6.54 Å². The van der Waals surface area contributed by atoms with Crippen LogP contribution in [0.15, 0.2) is 78.9 Å². The van der Waals surface area contributed by atoms with Crippen LogP contribution >= 0.6 is 0 Å². The summed E-state index contributed by atoms with van der Waals surface area (Å²) in [7, 11) is 0. The Balaban J connectivity index is 1.38. The van der Waals surface area contributed by atoms with Crippen LogP contribution < -0.4 is 5.32 Å². The van der Waals surface area contributed by atoms with Gasteiger partial charge in [-0.3, -0.25) is 29.4 Å². The fourth-order valence-electron chi connectivity index (χ4n) is 4.03. The minimum Gasteiger partial charge on any atom is -0.306 e. The molecule has 0 saturated carbocycles. The number of carbonyl (C=O) groups is 3. The first kappa shape index (κ1) is 22.7. The zero-order chi connectivity index (χ0) is 25.4. The number of hydrogen-bond donors (Lipinski definition) is 1. The van der Waals surface area contributed by atoms with E-state index < -0.39 is 22.6 Å². The Bertz CT molecular complexity index is 1530. The third kappa shape index (κ3) is 4.11. The summed E-state index contributed by atoms with van der Waals surface area (Å²) in [6, 6.07) is 21.0. The Labute approximate surface area is 204 Å². The summed E-state index contributed by atoms with van der Waals surface area (Å²) >= 11 is 0. The molecule has 5 rings (SSSR count). The van der Waals surface area contributed by atoms with Gasteiger partial charge in [0.15, 0.2) is 0 Å². The fourth-order valence-corrected chi connectivity index (χ4v) is 4.03. The van der Waals surface area contributed by atoms with Crippen molar-refractivity contribution in [1.82, 2.24) is 14.7 Å². The Morgan fingerprint density at radius 3 is 2.33 bits per heavy atom. The monoisotopic (exact) mass is 481 g/mol. The summed E-state index contributed by atoms with van der Waals surface area (Å²) in [6.07, 6.45) is 0. The molecule has 0 aliphatic carbocycles. The van der Waals surface area contributed by atoms with E-state index in [1.54, 1.807) is 13.0 Å². The molecular weight excluding hydrogens is 462 g/mol. The number of aromatic nitrogens is 2. The normalized spacial score (nSPS) is 12.5. The molecule has 0 radical (unpaired) electrons. The van der Waals surface area contributed by atoms with E-state index in [1.165, 1.54) is 47.1 Å². The average molecular weight is 481 g/mol. The number of nitro benzene ring substituents is 1. The molecule has 4 aromatic rings. The van der Waals surface area contributed by atoms with Crippen LogP contribution in [0, 0.1) is 17.0 Å². The average Bonchev–Trinajstić information content (AvgIpc) is 3.36. The molecule has 0 fully saturated rings. The zero-order valence-electron chi connectivity index (χ0n) is 19.0. The van der Waals surface area contributed by atoms with Gasteiger partial charge in [-0.1, -0.05) is 30.3 Å². The molecule has 0 unspecified atom stereocenters. The minimum absolute atomic E-state index is 0.0631. The molecule has 3 aromatic carbocycles. The highest BCUT2D eigenvalue weighted by atomic mass is 16.6. The molecular formula is C26H19N5O5. The van der Waals surface area contributed by atoms with Crippen molar-refractivity contribution in [3.8, 4) is 5.69 Å². The van der Waals surface area contributed by atoms with Crippen LogP contribution in [0.3, 0.4) is 0 Å². The molecule has 178 valence electrons. The molecule has 1 aliphatic heterocycles. The van der Waals surface area contributed by atoms with Crippen LogP contribution in [-0.4, -0.2) is 37.3 Å². The smallest absolute Gasteiger partial charge is 0.269 e. The van der Waals surface area contributed by atoms with Crippen molar-refractivity contribution < 1.29 is 19.3 Å². The molecule has 2 heterocycles. The first-order valence-corrected chi connectivity index (χ1v) is 11.0. The Morgan fingerprint density at radius 1 is 0.944 bits per heavy atom. The van der Waals surface area contributed by atoms with Gasteiger partial charge >= 0.3 is 0 Å². The number of imide groups is 1. The number of anilines is 1. The molecule has 0 atom stereocenters. The van der Waals surface area contributed by atoms with Gasteiger partial charge in [-0.25, -0.2) is 4.68 Å². The molecule has 0 spiro atoms. The van der Waals surface area contributed by atoms with Crippen LogP contribution in [0.25, 0.3) is 5.69 Å². The Kier molecular flexibility index (Phi) is 5.61. The summed E-state index contributed by atoms with van der Waals surface area (Å²) < 4.78 is 1.46. The van der Waals surface area contributed by atoms with Crippen molar-refractivity contribution in [3.05, 3.63) is 117 Å². The first-order valence-electron chi connectivity index (χ1n) is 11.0. The van der Waals surface area contributed by atoms with Crippen LogP contribution in [0.4, 0.5) is 11.5 Å². The highest BCUT2D eigenvalue weighted by molar-refractivity contribution is 6.22. The number of amides is 3. The predicted molar refractivity (Wildman–Crippen MR) is 130 cm³/mol. The van der Waals surface area contributed by atoms with E-state index >= 15 is 0 Å².